The number of thioether (sulfide) groups is 1. The van der Waals surface area contributed by atoms with Gasteiger partial charge in [0.1, 0.15) is 17.4 Å². The van der Waals surface area contributed by atoms with Gasteiger partial charge in [-0.25, -0.2) is 4.79 Å². The number of aromatic nitrogens is 3. The highest BCUT2D eigenvalue weighted by atomic mass is 32.2. The van der Waals surface area contributed by atoms with Crippen molar-refractivity contribution < 1.29 is 19.1 Å². The molecule has 0 bridgehead atoms. The van der Waals surface area contributed by atoms with E-state index in [0.717, 1.165) is 17.0 Å². The fourth-order valence-corrected chi connectivity index (χ4v) is 4.82. The van der Waals surface area contributed by atoms with Crippen LogP contribution in [0.15, 0.2) is 35.5 Å². The van der Waals surface area contributed by atoms with Crippen molar-refractivity contribution in [3.05, 3.63) is 52.2 Å². The van der Waals surface area contributed by atoms with Gasteiger partial charge in [-0.3, -0.25) is 4.79 Å². The molecule has 0 aliphatic heterocycles. The molecule has 176 valence electrons. The fraction of sp³-hybridized carbons (Fsp3) is 0.391. The standard InChI is InChI=1S/C23H28N4O4S2/c1-5-16-8-10-17(11-9-16)31-13-19-25-26-23(27(19)6-2)32-14-20(28)24-21-18(12-15(4)33-21)22(29)30-7-3/h8-12H,5-7,13-14H2,1-4H3,(H,24,28). The molecule has 0 atom stereocenters. The van der Waals surface area contributed by atoms with Crippen LogP contribution in [0.3, 0.4) is 0 Å². The molecular weight excluding hydrogens is 460 g/mol. The van der Waals surface area contributed by atoms with Crippen molar-refractivity contribution in [3.63, 3.8) is 0 Å². The van der Waals surface area contributed by atoms with Gasteiger partial charge in [-0.1, -0.05) is 30.8 Å². The van der Waals surface area contributed by atoms with Crippen LogP contribution in [0.25, 0.3) is 0 Å². The first-order chi connectivity index (χ1) is 15.9. The number of carbonyl (C=O) groups is 2. The predicted octanol–water partition coefficient (Wildman–Crippen LogP) is 4.72. The molecule has 3 aromatic rings. The molecular formula is C23H28N4O4S2. The summed E-state index contributed by atoms with van der Waals surface area (Å²) in [4.78, 5) is 25.6. The van der Waals surface area contributed by atoms with Crippen LogP contribution in [-0.2, 0) is 29.1 Å². The number of thiophene rings is 1. The lowest BCUT2D eigenvalue weighted by atomic mass is 10.2. The van der Waals surface area contributed by atoms with E-state index in [1.54, 1.807) is 13.0 Å². The quantitative estimate of drug-likeness (QED) is 0.308. The van der Waals surface area contributed by atoms with Crippen LogP contribution in [0.1, 0.15) is 47.4 Å². The van der Waals surface area contributed by atoms with Crippen molar-refractivity contribution in [1.29, 1.82) is 0 Å². The Bertz CT molecular complexity index is 1090. The monoisotopic (exact) mass is 488 g/mol. The Hall–Kier alpha value is -2.85. The maximum Gasteiger partial charge on any atom is 0.341 e. The molecule has 0 saturated heterocycles. The third-order valence-electron chi connectivity index (χ3n) is 4.75. The topological polar surface area (TPSA) is 95.3 Å². The highest BCUT2D eigenvalue weighted by Gasteiger charge is 2.19. The first-order valence-corrected chi connectivity index (χ1v) is 12.6. The minimum Gasteiger partial charge on any atom is -0.486 e. The second kappa shape index (κ2) is 11.9. The number of anilines is 1. The lowest BCUT2D eigenvalue weighted by Crippen LogP contribution is -2.16. The van der Waals surface area contributed by atoms with Crippen LogP contribution in [0.5, 0.6) is 5.75 Å². The average molecular weight is 489 g/mol. The van der Waals surface area contributed by atoms with E-state index >= 15 is 0 Å². The smallest absolute Gasteiger partial charge is 0.341 e. The summed E-state index contributed by atoms with van der Waals surface area (Å²) in [6, 6.07) is 9.70. The molecule has 1 amide bonds. The molecule has 0 radical (unpaired) electrons. The third kappa shape index (κ3) is 6.58. The van der Waals surface area contributed by atoms with Crippen LogP contribution in [0.2, 0.25) is 0 Å². The van der Waals surface area contributed by atoms with Crippen molar-refractivity contribution in [2.75, 3.05) is 17.7 Å². The molecule has 0 fully saturated rings. The number of hydrogen-bond donors (Lipinski definition) is 1. The summed E-state index contributed by atoms with van der Waals surface area (Å²) in [6.45, 7) is 8.95. The molecule has 3 rings (SSSR count). The maximum atomic E-state index is 12.5. The molecule has 0 saturated carbocycles. The summed E-state index contributed by atoms with van der Waals surface area (Å²) >= 11 is 2.63. The van der Waals surface area contributed by atoms with Crippen LogP contribution >= 0.6 is 23.1 Å². The molecule has 2 heterocycles. The summed E-state index contributed by atoms with van der Waals surface area (Å²) in [7, 11) is 0. The van der Waals surface area contributed by atoms with Crippen molar-refractivity contribution in [3.8, 4) is 5.75 Å². The van der Waals surface area contributed by atoms with Crippen LogP contribution < -0.4 is 10.1 Å². The number of ether oxygens (including phenoxy) is 2. The van der Waals surface area contributed by atoms with E-state index in [2.05, 4.69) is 22.4 Å². The Morgan fingerprint density at radius 3 is 2.58 bits per heavy atom. The van der Waals surface area contributed by atoms with Crippen LogP contribution in [0, 0.1) is 6.92 Å². The van der Waals surface area contributed by atoms with Gasteiger partial charge >= 0.3 is 5.97 Å². The largest absolute Gasteiger partial charge is 0.486 e. The van der Waals surface area contributed by atoms with Gasteiger partial charge < -0.3 is 19.4 Å². The van der Waals surface area contributed by atoms with Gasteiger partial charge in [0, 0.05) is 11.4 Å². The first-order valence-electron chi connectivity index (χ1n) is 10.8. The van der Waals surface area contributed by atoms with E-state index in [4.69, 9.17) is 9.47 Å². The predicted molar refractivity (Wildman–Crippen MR) is 130 cm³/mol. The summed E-state index contributed by atoms with van der Waals surface area (Å²) in [5, 5.41) is 12.4. The van der Waals surface area contributed by atoms with E-state index in [1.165, 1.54) is 28.7 Å². The number of rotatable bonds is 11. The highest BCUT2D eigenvalue weighted by Crippen LogP contribution is 2.29. The molecule has 1 N–H and O–H groups in total. The first kappa shape index (κ1) is 24.8. The Balaban J connectivity index is 1.58. The van der Waals surface area contributed by atoms with E-state index in [-0.39, 0.29) is 24.9 Å². The molecule has 1 aromatic carbocycles. The fourth-order valence-electron chi connectivity index (χ4n) is 3.08. The lowest BCUT2D eigenvalue weighted by molar-refractivity contribution is -0.113. The van der Waals surface area contributed by atoms with Gasteiger partial charge in [-0.05, 0) is 51.0 Å². The van der Waals surface area contributed by atoms with Crippen molar-refractivity contribution in [2.45, 2.75) is 52.4 Å². The van der Waals surface area contributed by atoms with Crippen molar-refractivity contribution in [1.82, 2.24) is 14.8 Å². The van der Waals surface area contributed by atoms with Gasteiger partial charge in [0.15, 0.2) is 11.0 Å². The maximum absolute atomic E-state index is 12.5. The Morgan fingerprint density at radius 2 is 1.91 bits per heavy atom. The Morgan fingerprint density at radius 1 is 1.15 bits per heavy atom. The Kier molecular flexibility index (Phi) is 8.90. The molecule has 33 heavy (non-hydrogen) atoms. The SMILES string of the molecule is CCOC(=O)c1cc(C)sc1NC(=O)CSc1nnc(COc2ccc(CC)cc2)n1CC. The molecule has 0 aliphatic carbocycles. The average Bonchev–Trinajstić information content (AvgIpc) is 3.38. The molecule has 0 spiro atoms. The minimum absolute atomic E-state index is 0.136. The van der Waals surface area contributed by atoms with Crippen molar-refractivity contribution >= 4 is 40.0 Å². The zero-order chi connectivity index (χ0) is 23.8. The van der Waals surface area contributed by atoms with E-state index in [0.29, 0.717) is 28.1 Å². The van der Waals surface area contributed by atoms with E-state index < -0.39 is 5.97 Å². The third-order valence-corrected chi connectivity index (χ3v) is 6.68. The van der Waals surface area contributed by atoms with Gasteiger partial charge in [-0.2, -0.15) is 0 Å². The Labute approximate surface area is 201 Å². The second-order valence-electron chi connectivity index (χ2n) is 7.09. The molecule has 8 nitrogen and oxygen atoms in total. The molecule has 0 unspecified atom stereocenters. The van der Waals surface area contributed by atoms with Gasteiger partial charge in [0.2, 0.25) is 5.91 Å². The number of nitrogens with one attached hydrogen (secondary N) is 1. The zero-order valence-corrected chi connectivity index (χ0v) is 20.8. The molecule has 2 aromatic heterocycles. The summed E-state index contributed by atoms with van der Waals surface area (Å²) in [5.74, 6) is 0.932. The number of hydrogen-bond acceptors (Lipinski definition) is 8. The minimum atomic E-state index is -0.440. The van der Waals surface area contributed by atoms with Gasteiger partial charge in [0.25, 0.3) is 0 Å². The number of carbonyl (C=O) groups excluding carboxylic acids is 2. The second-order valence-corrected chi connectivity index (χ2v) is 9.29. The lowest BCUT2D eigenvalue weighted by Gasteiger charge is -2.09. The summed E-state index contributed by atoms with van der Waals surface area (Å²) < 4.78 is 12.9. The summed E-state index contributed by atoms with van der Waals surface area (Å²) in [5.41, 5.74) is 1.63. The normalized spacial score (nSPS) is 10.8. The highest BCUT2D eigenvalue weighted by molar-refractivity contribution is 7.99. The zero-order valence-electron chi connectivity index (χ0n) is 19.2. The number of amides is 1. The number of benzene rings is 1. The molecule has 0 aliphatic rings. The van der Waals surface area contributed by atoms with Gasteiger partial charge in [0.05, 0.1) is 17.9 Å². The number of nitrogens with zero attached hydrogens (tertiary/aromatic N) is 3. The number of aryl methyl sites for hydroxylation is 2. The van der Waals surface area contributed by atoms with E-state index in [9.17, 15) is 9.59 Å². The van der Waals surface area contributed by atoms with Crippen LogP contribution in [0.4, 0.5) is 5.00 Å². The number of esters is 1. The van der Waals surface area contributed by atoms with E-state index in [1.807, 2.05) is 42.7 Å². The van der Waals surface area contributed by atoms with Gasteiger partial charge in [-0.15, -0.1) is 21.5 Å². The summed E-state index contributed by atoms with van der Waals surface area (Å²) in [6.07, 6.45) is 0.981. The van der Waals surface area contributed by atoms with Crippen LogP contribution in [-0.4, -0.2) is 39.0 Å². The van der Waals surface area contributed by atoms with Crippen molar-refractivity contribution in [2.24, 2.45) is 0 Å². The molecule has 10 heteroatoms.